The van der Waals surface area contributed by atoms with Gasteiger partial charge in [-0.1, -0.05) is 5.21 Å². The average Bonchev–Trinajstić information content (AvgIpc) is 2.91. The van der Waals surface area contributed by atoms with Crippen LogP contribution in [0.5, 0.6) is 0 Å². The summed E-state index contributed by atoms with van der Waals surface area (Å²) in [6.45, 7) is 1.21. The molecule has 1 N–H and O–H groups in total. The van der Waals surface area contributed by atoms with Gasteiger partial charge in [0.1, 0.15) is 5.82 Å². The average molecular weight is 327 g/mol. The number of carbonyl (C=O) groups excluding carboxylic acids is 1. The molecule has 0 aliphatic rings. The molecule has 1 heterocycles. The molecular weight excluding hydrogens is 315 g/mol. The van der Waals surface area contributed by atoms with Crippen LogP contribution < -0.4 is 5.32 Å². The summed E-state index contributed by atoms with van der Waals surface area (Å²) in [5.74, 6) is -0.609. The van der Waals surface area contributed by atoms with Crippen LogP contribution in [0.2, 0.25) is 0 Å². The molecule has 1 amide bonds. The van der Waals surface area contributed by atoms with Crippen molar-refractivity contribution in [1.29, 1.82) is 0 Å². The van der Waals surface area contributed by atoms with Crippen LogP contribution in [0.25, 0.3) is 0 Å². The summed E-state index contributed by atoms with van der Waals surface area (Å²) < 4.78 is 15.0. The molecule has 1 aromatic heterocycles. The largest absolute Gasteiger partial charge is 0.352 e. The van der Waals surface area contributed by atoms with E-state index < -0.39 is 0 Å². The Labute approximate surface area is 117 Å². The van der Waals surface area contributed by atoms with E-state index in [1.165, 1.54) is 18.2 Å². The van der Waals surface area contributed by atoms with Gasteiger partial charge < -0.3 is 5.32 Å². The van der Waals surface area contributed by atoms with Crippen LogP contribution in [0.15, 0.2) is 35.1 Å². The lowest BCUT2D eigenvalue weighted by molar-refractivity contribution is 0.0952. The minimum atomic E-state index is -0.386. The lowest BCUT2D eigenvalue weighted by atomic mass is 10.2. The Morgan fingerprint density at radius 1 is 1.47 bits per heavy atom. The number of nitrogens with one attached hydrogen (secondary N) is 1. The molecule has 0 fully saturated rings. The van der Waals surface area contributed by atoms with Gasteiger partial charge in [0.15, 0.2) is 0 Å². The summed E-state index contributed by atoms with van der Waals surface area (Å²) in [6.07, 6.45) is 4.12. The Hall–Kier alpha value is -1.76. The van der Waals surface area contributed by atoms with Crippen LogP contribution in [0.3, 0.4) is 0 Å². The zero-order chi connectivity index (χ0) is 13.7. The standard InChI is InChI=1S/C12H12BrFN4O/c13-10-8-9(2-3-11(10)14)12(19)15-4-1-6-18-7-5-16-17-18/h2-3,5,7-8H,1,4,6H2,(H,15,19). The molecule has 0 saturated heterocycles. The third-order valence-electron chi connectivity index (χ3n) is 2.50. The molecular formula is C12H12BrFN4O. The fraction of sp³-hybridized carbons (Fsp3) is 0.250. The van der Waals surface area contributed by atoms with Gasteiger partial charge in [0.2, 0.25) is 0 Å². The van der Waals surface area contributed by atoms with Crippen LogP contribution in [0.4, 0.5) is 4.39 Å². The fourth-order valence-electron chi connectivity index (χ4n) is 1.53. The molecule has 1 aromatic carbocycles. The molecule has 7 heteroatoms. The number of nitrogens with zero attached hydrogens (tertiary/aromatic N) is 3. The first kappa shape index (κ1) is 13.7. The van der Waals surface area contributed by atoms with Crippen LogP contribution in [0, 0.1) is 5.82 Å². The maximum Gasteiger partial charge on any atom is 0.251 e. The highest BCUT2D eigenvalue weighted by atomic mass is 79.9. The number of carbonyl (C=O) groups is 1. The SMILES string of the molecule is O=C(NCCCn1ccnn1)c1ccc(F)c(Br)c1. The molecule has 100 valence electrons. The Balaban J connectivity index is 1.79. The van der Waals surface area contributed by atoms with E-state index in [4.69, 9.17) is 0 Å². The minimum Gasteiger partial charge on any atom is -0.352 e. The fourth-order valence-corrected chi connectivity index (χ4v) is 1.91. The smallest absolute Gasteiger partial charge is 0.251 e. The molecule has 0 aliphatic carbocycles. The maximum absolute atomic E-state index is 13.0. The van der Waals surface area contributed by atoms with Crippen molar-refractivity contribution in [2.24, 2.45) is 0 Å². The third kappa shape index (κ3) is 3.85. The highest BCUT2D eigenvalue weighted by Gasteiger charge is 2.07. The summed E-state index contributed by atoms with van der Waals surface area (Å²) in [5, 5.41) is 10.3. The van der Waals surface area contributed by atoms with E-state index in [0.29, 0.717) is 18.7 Å². The topological polar surface area (TPSA) is 59.8 Å². The highest BCUT2D eigenvalue weighted by molar-refractivity contribution is 9.10. The molecule has 2 aromatic rings. The molecule has 5 nitrogen and oxygen atoms in total. The Morgan fingerprint density at radius 3 is 3.00 bits per heavy atom. The highest BCUT2D eigenvalue weighted by Crippen LogP contribution is 2.16. The Kier molecular flexibility index (Phi) is 4.62. The molecule has 0 saturated carbocycles. The molecule has 0 bridgehead atoms. The number of hydrogen-bond donors (Lipinski definition) is 1. The second-order valence-corrected chi connectivity index (χ2v) is 4.76. The van der Waals surface area contributed by atoms with Gasteiger partial charge in [0, 0.05) is 24.8 Å². The first-order valence-electron chi connectivity index (χ1n) is 5.74. The first-order valence-corrected chi connectivity index (χ1v) is 6.53. The normalized spacial score (nSPS) is 10.4. The van der Waals surface area contributed by atoms with Crippen LogP contribution in [-0.4, -0.2) is 27.4 Å². The molecule has 0 radical (unpaired) electrons. The van der Waals surface area contributed by atoms with Crippen molar-refractivity contribution in [2.45, 2.75) is 13.0 Å². The number of halogens is 2. The molecule has 0 atom stereocenters. The van der Waals surface area contributed by atoms with Crippen molar-refractivity contribution >= 4 is 21.8 Å². The zero-order valence-corrected chi connectivity index (χ0v) is 11.6. The summed E-state index contributed by atoms with van der Waals surface area (Å²) in [6, 6.07) is 4.17. The van der Waals surface area contributed by atoms with Crippen molar-refractivity contribution in [3.05, 3.63) is 46.4 Å². The summed E-state index contributed by atoms with van der Waals surface area (Å²) in [5.41, 5.74) is 0.425. The van der Waals surface area contributed by atoms with E-state index in [1.54, 1.807) is 17.1 Å². The van der Waals surface area contributed by atoms with Crippen LogP contribution in [-0.2, 0) is 6.54 Å². The Bertz CT molecular complexity index is 559. The minimum absolute atomic E-state index is 0.223. The summed E-state index contributed by atoms with van der Waals surface area (Å²) >= 11 is 3.05. The quantitative estimate of drug-likeness (QED) is 0.855. The van der Waals surface area contributed by atoms with E-state index in [1.807, 2.05) is 0 Å². The molecule has 0 aliphatic heterocycles. The van der Waals surface area contributed by atoms with Gasteiger partial charge in [0.25, 0.3) is 5.91 Å². The second kappa shape index (κ2) is 6.42. The third-order valence-corrected chi connectivity index (χ3v) is 3.11. The van der Waals surface area contributed by atoms with Gasteiger partial charge in [-0.15, -0.1) is 5.10 Å². The number of benzene rings is 1. The molecule has 2 rings (SSSR count). The van der Waals surface area contributed by atoms with Gasteiger partial charge in [-0.3, -0.25) is 9.48 Å². The van der Waals surface area contributed by atoms with Crippen molar-refractivity contribution in [2.75, 3.05) is 6.54 Å². The second-order valence-electron chi connectivity index (χ2n) is 3.90. The first-order chi connectivity index (χ1) is 9.16. The Morgan fingerprint density at radius 2 is 2.32 bits per heavy atom. The van der Waals surface area contributed by atoms with Crippen molar-refractivity contribution in [3.8, 4) is 0 Å². The van der Waals surface area contributed by atoms with Gasteiger partial charge >= 0.3 is 0 Å². The lowest BCUT2D eigenvalue weighted by Gasteiger charge is -2.06. The van der Waals surface area contributed by atoms with Crippen LogP contribution in [0.1, 0.15) is 16.8 Å². The van der Waals surface area contributed by atoms with Gasteiger partial charge in [-0.25, -0.2) is 4.39 Å². The molecule has 0 unspecified atom stereocenters. The van der Waals surface area contributed by atoms with E-state index >= 15 is 0 Å². The number of aromatic nitrogens is 3. The maximum atomic E-state index is 13.0. The van der Waals surface area contributed by atoms with Gasteiger partial charge in [-0.2, -0.15) is 0 Å². The predicted molar refractivity (Wildman–Crippen MR) is 71.1 cm³/mol. The zero-order valence-electron chi connectivity index (χ0n) is 10.0. The molecule has 19 heavy (non-hydrogen) atoms. The number of hydrogen-bond acceptors (Lipinski definition) is 3. The summed E-state index contributed by atoms with van der Waals surface area (Å²) in [7, 11) is 0. The number of rotatable bonds is 5. The van der Waals surface area contributed by atoms with Gasteiger partial charge in [-0.05, 0) is 40.5 Å². The van der Waals surface area contributed by atoms with Crippen molar-refractivity contribution < 1.29 is 9.18 Å². The van der Waals surface area contributed by atoms with E-state index in [9.17, 15) is 9.18 Å². The van der Waals surface area contributed by atoms with E-state index in [2.05, 4.69) is 31.6 Å². The predicted octanol–water partition coefficient (Wildman–Crippen LogP) is 2.00. The van der Waals surface area contributed by atoms with E-state index in [-0.39, 0.29) is 16.2 Å². The summed E-state index contributed by atoms with van der Waals surface area (Å²) in [4.78, 5) is 11.8. The van der Waals surface area contributed by atoms with Gasteiger partial charge in [0.05, 0.1) is 10.7 Å². The molecule has 0 spiro atoms. The number of amides is 1. The van der Waals surface area contributed by atoms with Crippen molar-refractivity contribution in [3.63, 3.8) is 0 Å². The van der Waals surface area contributed by atoms with Crippen LogP contribution >= 0.6 is 15.9 Å². The monoisotopic (exact) mass is 326 g/mol. The van der Waals surface area contributed by atoms with Crippen molar-refractivity contribution in [1.82, 2.24) is 20.3 Å². The number of aryl methyl sites for hydroxylation is 1. The van der Waals surface area contributed by atoms with E-state index in [0.717, 1.165) is 6.42 Å². The lowest BCUT2D eigenvalue weighted by Crippen LogP contribution is -2.25.